The van der Waals surface area contributed by atoms with Crippen LogP contribution in [0.4, 0.5) is 0 Å². The van der Waals surface area contributed by atoms with Crippen LogP contribution in [0.2, 0.25) is 0 Å². The number of benzene rings is 2. The van der Waals surface area contributed by atoms with Gasteiger partial charge in [0.1, 0.15) is 18.1 Å². The Morgan fingerprint density at radius 3 is 2.68 bits per heavy atom. The normalized spacial score (nSPS) is 12.0. The van der Waals surface area contributed by atoms with Crippen molar-refractivity contribution in [2.75, 3.05) is 6.61 Å². The Hall–Kier alpha value is -3.01. The molecule has 0 atom stereocenters. The van der Waals surface area contributed by atoms with Gasteiger partial charge in [-0.05, 0) is 30.7 Å². The van der Waals surface area contributed by atoms with E-state index >= 15 is 0 Å². The molecule has 0 N–H and O–H groups in total. The molecule has 0 bridgehead atoms. The summed E-state index contributed by atoms with van der Waals surface area (Å²) >= 11 is 0. The lowest BCUT2D eigenvalue weighted by Gasteiger charge is -2.21. The van der Waals surface area contributed by atoms with E-state index < -0.39 is 0 Å². The summed E-state index contributed by atoms with van der Waals surface area (Å²) in [5.74, 6) is 0.545. The van der Waals surface area contributed by atoms with Gasteiger partial charge >= 0.3 is 5.97 Å². The molecule has 4 rings (SSSR count). The third kappa shape index (κ3) is 2.80. The predicted octanol–water partition coefficient (Wildman–Crippen LogP) is 4.27. The summed E-state index contributed by atoms with van der Waals surface area (Å²) in [6.45, 7) is 3.24. The molecule has 0 radical (unpaired) electrons. The van der Waals surface area contributed by atoms with Gasteiger partial charge in [0.05, 0.1) is 12.3 Å². The first kappa shape index (κ1) is 15.5. The van der Waals surface area contributed by atoms with Gasteiger partial charge in [-0.25, -0.2) is 4.79 Å². The Morgan fingerprint density at radius 1 is 1.12 bits per heavy atom. The average molecular weight is 333 g/mol. The fourth-order valence-corrected chi connectivity index (χ4v) is 3.28. The number of nitrogens with zero attached hydrogens (tertiary/aromatic N) is 1. The Morgan fingerprint density at radius 2 is 1.88 bits per heavy atom. The van der Waals surface area contributed by atoms with Crippen molar-refractivity contribution in [2.24, 2.45) is 0 Å². The minimum absolute atomic E-state index is 0.301. The number of esters is 1. The van der Waals surface area contributed by atoms with Crippen molar-refractivity contribution >= 4 is 5.97 Å². The van der Waals surface area contributed by atoms with Crippen LogP contribution in [0.3, 0.4) is 0 Å². The number of carbonyl (C=O) groups is 1. The number of hydrogen-bond acceptors (Lipinski definition) is 3. The molecule has 1 aliphatic heterocycles. The molecule has 3 aromatic rings. The van der Waals surface area contributed by atoms with Crippen LogP contribution in [0.1, 0.15) is 28.5 Å². The van der Waals surface area contributed by atoms with E-state index in [1.54, 1.807) is 0 Å². The number of aromatic nitrogens is 1. The monoisotopic (exact) mass is 333 g/mol. The smallest absolute Gasteiger partial charge is 0.354 e. The molecular weight excluding hydrogens is 314 g/mol. The summed E-state index contributed by atoms with van der Waals surface area (Å²) in [6.07, 6.45) is 0. The van der Waals surface area contributed by atoms with Gasteiger partial charge < -0.3 is 14.0 Å². The van der Waals surface area contributed by atoms with Crippen molar-refractivity contribution in [3.05, 3.63) is 77.5 Å². The highest BCUT2D eigenvalue weighted by Crippen LogP contribution is 2.39. The highest BCUT2D eigenvalue weighted by atomic mass is 16.5. The molecule has 0 fully saturated rings. The van der Waals surface area contributed by atoms with Gasteiger partial charge in [0.15, 0.2) is 0 Å². The van der Waals surface area contributed by atoms with E-state index in [2.05, 4.69) is 12.1 Å². The molecule has 4 heteroatoms. The van der Waals surface area contributed by atoms with E-state index in [-0.39, 0.29) is 5.97 Å². The van der Waals surface area contributed by atoms with Crippen molar-refractivity contribution in [1.29, 1.82) is 0 Å². The summed E-state index contributed by atoms with van der Waals surface area (Å²) < 4.78 is 13.2. The first-order valence-corrected chi connectivity index (χ1v) is 8.43. The molecule has 0 saturated heterocycles. The minimum atomic E-state index is -0.301. The summed E-state index contributed by atoms with van der Waals surface area (Å²) in [5.41, 5.74) is 4.76. The van der Waals surface area contributed by atoms with Crippen LogP contribution in [0, 0.1) is 0 Å². The van der Waals surface area contributed by atoms with Gasteiger partial charge in [-0.1, -0.05) is 42.5 Å². The van der Waals surface area contributed by atoms with Gasteiger partial charge in [0.25, 0.3) is 0 Å². The van der Waals surface area contributed by atoms with Crippen molar-refractivity contribution in [3.63, 3.8) is 0 Å². The number of para-hydroxylation sites is 1. The molecule has 0 aliphatic carbocycles. The van der Waals surface area contributed by atoms with Crippen molar-refractivity contribution in [1.82, 2.24) is 4.57 Å². The van der Waals surface area contributed by atoms with Crippen molar-refractivity contribution in [3.8, 4) is 17.0 Å². The van der Waals surface area contributed by atoms with Crippen LogP contribution < -0.4 is 4.74 Å². The molecular formula is C21H19NO3. The second-order valence-electron chi connectivity index (χ2n) is 5.98. The average Bonchev–Trinajstić information content (AvgIpc) is 3.02. The summed E-state index contributed by atoms with van der Waals surface area (Å²) in [7, 11) is 0. The maximum absolute atomic E-state index is 12.5. The van der Waals surface area contributed by atoms with E-state index in [9.17, 15) is 4.79 Å². The lowest BCUT2D eigenvalue weighted by Crippen LogP contribution is -2.14. The Labute approximate surface area is 146 Å². The third-order valence-electron chi connectivity index (χ3n) is 4.37. The van der Waals surface area contributed by atoms with Crippen LogP contribution in [-0.2, 0) is 17.9 Å². The predicted molar refractivity (Wildman–Crippen MR) is 95.7 cm³/mol. The number of rotatable bonds is 4. The van der Waals surface area contributed by atoms with Gasteiger partial charge in [-0.3, -0.25) is 0 Å². The van der Waals surface area contributed by atoms with Crippen LogP contribution in [0.5, 0.6) is 5.75 Å². The molecule has 0 amide bonds. The molecule has 126 valence electrons. The zero-order valence-electron chi connectivity index (χ0n) is 14.1. The fourth-order valence-electron chi connectivity index (χ4n) is 3.28. The first-order chi connectivity index (χ1) is 12.3. The number of hydrogen-bond donors (Lipinski definition) is 0. The number of carbonyl (C=O) groups excluding carboxylic acids is 1. The van der Waals surface area contributed by atoms with Gasteiger partial charge in [-0.15, -0.1) is 0 Å². The van der Waals surface area contributed by atoms with Gasteiger partial charge in [-0.2, -0.15) is 0 Å². The SMILES string of the molecule is CCOC(=O)c1cc2c(n1Cc1ccccc1)-c1ccccc1OC2. The maximum Gasteiger partial charge on any atom is 0.354 e. The Balaban J connectivity index is 1.87. The van der Waals surface area contributed by atoms with E-state index in [0.29, 0.717) is 25.5 Å². The molecule has 25 heavy (non-hydrogen) atoms. The highest BCUT2D eigenvalue weighted by molar-refractivity contribution is 5.91. The van der Waals surface area contributed by atoms with Crippen LogP contribution >= 0.6 is 0 Å². The zero-order chi connectivity index (χ0) is 17.2. The zero-order valence-corrected chi connectivity index (χ0v) is 14.1. The molecule has 4 nitrogen and oxygen atoms in total. The standard InChI is InChI=1S/C21H19NO3/c1-2-24-21(23)18-12-16-14-25-19-11-7-6-10-17(19)20(16)22(18)13-15-8-4-3-5-9-15/h3-12H,2,13-14H2,1H3. The van der Waals surface area contributed by atoms with E-state index in [1.807, 2.05) is 60.0 Å². The van der Waals surface area contributed by atoms with Crippen molar-refractivity contribution < 1.29 is 14.3 Å². The number of ether oxygens (including phenoxy) is 2. The fraction of sp³-hybridized carbons (Fsp3) is 0.190. The van der Waals surface area contributed by atoms with E-state index in [4.69, 9.17) is 9.47 Å². The molecule has 0 spiro atoms. The molecule has 0 saturated carbocycles. The second-order valence-corrected chi connectivity index (χ2v) is 5.98. The second kappa shape index (κ2) is 6.48. The summed E-state index contributed by atoms with van der Waals surface area (Å²) in [5, 5.41) is 0. The van der Waals surface area contributed by atoms with Gasteiger partial charge in [0, 0.05) is 17.7 Å². The minimum Gasteiger partial charge on any atom is -0.488 e. The lowest BCUT2D eigenvalue weighted by atomic mass is 10.0. The van der Waals surface area contributed by atoms with Crippen LogP contribution in [0.15, 0.2) is 60.7 Å². The van der Waals surface area contributed by atoms with Crippen LogP contribution in [0.25, 0.3) is 11.3 Å². The Kier molecular flexibility index (Phi) is 4.02. The topological polar surface area (TPSA) is 40.5 Å². The largest absolute Gasteiger partial charge is 0.488 e. The van der Waals surface area contributed by atoms with Crippen molar-refractivity contribution in [2.45, 2.75) is 20.1 Å². The quantitative estimate of drug-likeness (QED) is 0.669. The third-order valence-corrected chi connectivity index (χ3v) is 4.37. The lowest BCUT2D eigenvalue weighted by molar-refractivity contribution is 0.0514. The van der Waals surface area contributed by atoms with Crippen LogP contribution in [-0.4, -0.2) is 17.1 Å². The molecule has 1 aromatic heterocycles. The first-order valence-electron chi connectivity index (χ1n) is 8.43. The number of fused-ring (bicyclic) bond motifs is 3. The highest BCUT2D eigenvalue weighted by Gasteiger charge is 2.27. The molecule has 0 unspecified atom stereocenters. The molecule has 2 heterocycles. The van der Waals surface area contributed by atoms with E-state index in [0.717, 1.165) is 28.1 Å². The summed E-state index contributed by atoms with van der Waals surface area (Å²) in [6, 6.07) is 20.0. The molecule has 1 aliphatic rings. The van der Waals surface area contributed by atoms with Gasteiger partial charge in [0.2, 0.25) is 0 Å². The van der Waals surface area contributed by atoms with E-state index in [1.165, 1.54) is 0 Å². The molecule has 2 aromatic carbocycles. The summed E-state index contributed by atoms with van der Waals surface area (Å²) in [4.78, 5) is 12.5. The maximum atomic E-state index is 12.5. The Bertz CT molecular complexity index is 912.